The SMILES string of the molecule is CCCCC(CC)COC(=O)Nc1nc(-c2ccccn2)cs1. The summed E-state index contributed by atoms with van der Waals surface area (Å²) >= 11 is 1.36. The fourth-order valence-corrected chi connectivity index (χ4v) is 2.87. The van der Waals surface area contributed by atoms with Crippen molar-refractivity contribution in [3.63, 3.8) is 0 Å². The van der Waals surface area contributed by atoms with E-state index >= 15 is 0 Å². The Morgan fingerprint density at radius 1 is 1.35 bits per heavy atom. The normalized spacial score (nSPS) is 11.9. The Morgan fingerprint density at radius 3 is 2.91 bits per heavy atom. The second-order valence-corrected chi connectivity index (χ2v) is 6.25. The highest BCUT2D eigenvalue weighted by molar-refractivity contribution is 7.14. The third-order valence-electron chi connectivity index (χ3n) is 3.63. The first kappa shape index (κ1) is 17.4. The van der Waals surface area contributed by atoms with E-state index in [0.29, 0.717) is 17.7 Å². The molecule has 0 saturated carbocycles. The average Bonchev–Trinajstić information content (AvgIpc) is 3.04. The van der Waals surface area contributed by atoms with Gasteiger partial charge in [0, 0.05) is 11.6 Å². The second-order valence-electron chi connectivity index (χ2n) is 5.39. The summed E-state index contributed by atoms with van der Waals surface area (Å²) in [6, 6.07) is 5.65. The van der Waals surface area contributed by atoms with Crippen molar-refractivity contribution in [1.29, 1.82) is 0 Å². The Balaban J connectivity index is 1.83. The summed E-state index contributed by atoms with van der Waals surface area (Å²) in [5.41, 5.74) is 1.54. The van der Waals surface area contributed by atoms with Crippen LogP contribution in [-0.2, 0) is 4.74 Å². The zero-order valence-electron chi connectivity index (χ0n) is 13.6. The molecule has 2 rings (SSSR count). The van der Waals surface area contributed by atoms with Gasteiger partial charge in [-0.15, -0.1) is 11.3 Å². The highest BCUT2D eigenvalue weighted by atomic mass is 32.1. The molecule has 2 aromatic rings. The molecular weight excluding hydrogens is 310 g/mol. The van der Waals surface area contributed by atoms with Crippen molar-refractivity contribution in [2.45, 2.75) is 39.5 Å². The molecule has 0 aliphatic carbocycles. The molecule has 1 N–H and O–H groups in total. The highest BCUT2D eigenvalue weighted by Crippen LogP contribution is 2.23. The fraction of sp³-hybridized carbons (Fsp3) is 0.471. The molecule has 2 heterocycles. The molecule has 1 atom stereocenters. The number of carbonyl (C=O) groups is 1. The number of carbonyl (C=O) groups excluding carboxylic acids is 1. The van der Waals surface area contributed by atoms with Crippen molar-refractivity contribution in [3.05, 3.63) is 29.8 Å². The number of pyridine rings is 1. The smallest absolute Gasteiger partial charge is 0.413 e. The Labute approximate surface area is 141 Å². The minimum Gasteiger partial charge on any atom is -0.449 e. The summed E-state index contributed by atoms with van der Waals surface area (Å²) in [6.07, 6.45) is 5.73. The summed E-state index contributed by atoms with van der Waals surface area (Å²) in [6.45, 7) is 4.75. The Hall–Kier alpha value is -1.95. The monoisotopic (exact) mass is 333 g/mol. The molecule has 0 aliphatic heterocycles. The molecule has 0 bridgehead atoms. The quantitative estimate of drug-likeness (QED) is 0.740. The van der Waals surface area contributed by atoms with Crippen molar-refractivity contribution in [1.82, 2.24) is 9.97 Å². The van der Waals surface area contributed by atoms with Crippen LogP contribution in [0.25, 0.3) is 11.4 Å². The van der Waals surface area contributed by atoms with Gasteiger partial charge in [-0.05, 0) is 24.5 Å². The minimum atomic E-state index is -0.443. The van der Waals surface area contributed by atoms with Crippen LogP contribution < -0.4 is 5.32 Å². The fourth-order valence-electron chi connectivity index (χ4n) is 2.18. The van der Waals surface area contributed by atoms with E-state index in [-0.39, 0.29) is 0 Å². The molecule has 0 aromatic carbocycles. The predicted octanol–water partition coefficient (Wildman–Crippen LogP) is 4.97. The highest BCUT2D eigenvalue weighted by Gasteiger charge is 2.12. The zero-order chi connectivity index (χ0) is 16.5. The summed E-state index contributed by atoms with van der Waals surface area (Å²) in [5.74, 6) is 0.432. The maximum absolute atomic E-state index is 11.9. The number of hydrogen-bond acceptors (Lipinski definition) is 5. The first-order valence-corrected chi connectivity index (χ1v) is 8.91. The standard InChI is InChI=1S/C17H23N3O2S/c1-3-5-8-13(4-2)11-22-17(21)20-16-19-15(12-23-16)14-9-6-7-10-18-14/h6-7,9-10,12-13H,3-5,8,11H2,1-2H3,(H,19,20,21). The van der Waals surface area contributed by atoms with Crippen molar-refractivity contribution >= 4 is 22.6 Å². The molecule has 6 heteroatoms. The zero-order valence-corrected chi connectivity index (χ0v) is 14.4. The van der Waals surface area contributed by atoms with Crippen LogP contribution in [0.5, 0.6) is 0 Å². The molecule has 124 valence electrons. The van der Waals surface area contributed by atoms with Crippen LogP contribution >= 0.6 is 11.3 Å². The molecule has 0 saturated heterocycles. The third-order valence-corrected chi connectivity index (χ3v) is 4.39. The van der Waals surface area contributed by atoms with Gasteiger partial charge in [0.25, 0.3) is 0 Å². The van der Waals surface area contributed by atoms with E-state index in [1.807, 2.05) is 23.6 Å². The lowest BCUT2D eigenvalue weighted by Gasteiger charge is -2.14. The molecule has 0 fully saturated rings. The van der Waals surface area contributed by atoms with E-state index in [2.05, 4.69) is 29.1 Å². The van der Waals surface area contributed by atoms with E-state index in [9.17, 15) is 4.79 Å². The number of nitrogens with one attached hydrogen (secondary N) is 1. The van der Waals surface area contributed by atoms with E-state index < -0.39 is 6.09 Å². The van der Waals surface area contributed by atoms with E-state index in [1.165, 1.54) is 17.8 Å². The van der Waals surface area contributed by atoms with Crippen molar-refractivity contribution in [2.24, 2.45) is 5.92 Å². The van der Waals surface area contributed by atoms with Gasteiger partial charge < -0.3 is 4.74 Å². The summed E-state index contributed by atoms with van der Waals surface area (Å²) in [7, 11) is 0. The number of thiazole rings is 1. The molecular formula is C17H23N3O2S. The number of unbranched alkanes of at least 4 members (excludes halogenated alkanes) is 1. The molecule has 2 aromatic heterocycles. The van der Waals surface area contributed by atoms with Crippen LogP contribution in [0.15, 0.2) is 29.8 Å². The Kier molecular flexibility index (Phi) is 7.00. The van der Waals surface area contributed by atoms with Crippen LogP contribution in [0.2, 0.25) is 0 Å². The maximum Gasteiger partial charge on any atom is 0.413 e. The van der Waals surface area contributed by atoms with Crippen LogP contribution in [0, 0.1) is 5.92 Å². The van der Waals surface area contributed by atoms with Crippen molar-refractivity contribution < 1.29 is 9.53 Å². The Morgan fingerprint density at radius 2 is 2.22 bits per heavy atom. The number of amides is 1. The number of rotatable bonds is 8. The number of anilines is 1. The van der Waals surface area contributed by atoms with E-state index in [1.54, 1.807) is 6.20 Å². The number of aromatic nitrogens is 2. The molecule has 1 amide bonds. The summed E-state index contributed by atoms with van der Waals surface area (Å²) < 4.78 is 5.31. The topological polar surface area (TPSA) is 64.1 Å². The third kappa shape index (κ3) is 5.63. The molecule has 0 spiro atoms. The summed E-state index contributed by atoms with van der Waals surface area (Å²) in [4.78, 5) is 20.5. The van der Waals surface area contributed by atoms with Crippen LogP contribution in [0.3, 0.4) is 0 Å². The molecule has 5 nitrogen and oxygen atoms in total. The van der Waals surface area contributed by atoms with Crippen molar-refractivity contribution in [3.8, 4) is 11.4 Å². The number of nitrogens with zero attached hydrogens (tertiary/aromatic N) is 2. The number of hydrogen-bond donors (Lipinski definition) is 1. The average molecular weight is 333 g/mol. The molecule has 0 radical (unpaired) electrons. The van der Waals surface area contributed by atoms with Gasteiger partial charge in [0.2, 0.25) is 0 Å². The Bertz CT molecular complexity index is 601. The predicted molar refractivity (Wildman–Crippen MR) is 93.6 cm³/mol. The van der Waals surface area contributed by atoms with Gasteiger partial charge in [-0.1, -0.05) is 39.2 Å². The van der Waals surface area contributed by atoms with Gasteiger partial charge in [-0.3, -0.25) is 10.3 Å². The first-order chi connectivity index (χ1) is 11.2. The molecule has 0 aliphatic rings. The van der Waals surface area contributed by atoms with Crippen LogP contribution in [-0.4, -0.2) is 22.7 Å². The lowest BCUT2D eigenvalue weighted by atomic mass is 10.0. The summed E-state index contributed by atoms with van der Waals surface area (Å²) in [5, 5.41) is 5.08. The number of ether oxygens (including phenoxy) is 1. The van der Waals surface area contributed by atoms with E-state index in [4.69, 9.17) is 4.74 Å². The largest absolute Gasteiger partial charge is 0.449 e. The van der Waals surface area contributed by atoms with Gasteiger partial charge in [-0.25, -0.2) is 9.78 Å². The van der Waals surface area contributed by atoms with Gasteiger partial charge >= 0.3 is 6.09 Å². The van der Waals surface area contributed by atoms with E-state index in [0.717, 1.165) is 30.7 Å². The minimum absolute atomic E-state index is 0.432. The molecule has 23 heavy (non-hydrogen) atoms. The van der Waals surface area contributed by atoms with Gasteiger partial charge in [0.05, 0.1) is 12.3 Å². The van der Waals surface area contributed by atoms with Gasteiger partial charge in [-0.2, -0.15) is 0 Å². The maximum atomic E-state index is 11.9. The lowest BCUT2D eigenvalue weighted by Crippen LogP contribution is -2.18. The van der Waals surface area contributed by atoms with Crippen LogP contribution in [0.4, 0.5) is 9.93 Å². The first-order valence-electron chi connectivity index (χ1n) is 8.03. The van der Waals surface area contributed by atoms with Crippen molar-refractivity contribution in [2.75, 3.05) is 11.9 Å². The van der Waals surface area contributed by atoms with Gasteiger partial charge in [0.15, 0.2) is 5.13 Å². The molecule has 1 unspecified atom stereocenters. The van der Waals surface area contributed by atoms with Crippen LogP contribution in [0.1, 0.15) is 39.5 Å². The second kappa shape index (κ2) is 9.25. The lowest BCUT2D eigenvalue weighted by molar-refractivity contribution is 0.136. The van der Waals surface area contributed by atoms with Gasteiger partial charge in [0.1, 0.15) is 5.69 Å².